The summed E-state index contributed by atoms with van der Waals surface area (Å²) in [6.07, 6.45) is -0.313. The van der Waals surface area contributed by atoms with Gasteiger partial charge in [-0.2, -0.15) is 0 Å². The summed E-state index contributed by atoms with van der Waals surface area (Å²) in [6, 6.07) is 8.45. The van der Waals surface area contributed by atoms with Crippen LogP contribution in [0, 0.1) is 13.8 Å². The van der Waals surface area contributed by atoms with Gasteiger partial charge in [0.15, 0.2) is 0 Å². The molecule has 4 heteroatoms. The number of nitrogens with zero attached hydrogens (tertiary/aromatic N) is 1. The lowest BCUT2D eigenvalue weighted by Gasteiger charge is -2.26. The number of aliphatic hydroxyl groups excluding tert-OH is 1. The number of fused-ring (bicyclic) bond motifs is 1. The number of morpholine rings is 1. The molecule has 1 atom stereocenters. The van der Waals surface area contributed by atoms with Gasteiger partial charge in [0.1, 0.15) is 25.7 Å². The van der Waals surface area contributed by atoms with Crippen molar-refractivity contribution in [3.8, 4) is 0 Å². The van der Waals surface area contributed by atoms with E-state index in [9.17, 15) is 5.11 Å². The van der Waals surface area contributed by atoms with Crippen LogP contribution in [-0.2, 0) is 11.3 Å². The number of ether oxygens (including phenoxy) is 1. The van der Waals surface area contributed by atoms with E-state index in [0.717, 1.165) is 32.8 Å². The lowest BCUT2D eigenvalue weighted by molar-refractivity contribution is -0.911. The summed E-state index contributed by atoms with van der Waals surface area (Å²) in [5, 5.41) is 11.8. The molecular formula is C17H25N2O2+. The smallest absolute Gasteiger partial charge is 0.121 e. The number of nitrogens with one attached hydrogen (secondary N) is 1. The van der Waals surface area contributed by atoms with Crippen LogP contribution in [0.2, 0.25) is 0 Å². The van der Waals surface area contributed by atoms with Gasteiger partial charge in [-0.15, -0.1) is 0 Å². The predicted octanol–water partition coefficient (Wildman–Crippen LogP) is 0.534. The Bertz CT molecular complexity index is 615. The fourth-order valence-electron chi connectivity index (χ4n) is 3.31. The third-order valence-corrected chi connectivity index (χ3v) is 4.66. The van der Waals surface area contributed by atoms with Crippen LogP contribution < -0.4 is 4.90 Å². The minimum absolute atomic E-state index is 0.313. The van der Waals surface area contributed by atoms with Crippen molar-refractivity contribution in [2.75, 3.05) is 32.8 Å². The van der Waals surface area contributed by atoms with Gasteiger partial charge in [0.25, 0.3) is 0 Å². The topological polar surface area (TPSA) is 38.8 Å². The maximum atomic E-state index is 10.5. The molecule has 0 radical (unpaired) electrons. The summed E-state index contributed by atoms with van der Waals surface area (Å²) in [5.74, 6) is 0. The molecule has 0 saturated carbocycles. The number of benzene rings is 1. The molecule has 2 aromatic rings. The highest BCUT2D eigenvalue weighted by atomic mass is 16.5. The molecule has 0 amide bonds. The van der Waals surface area contributed by atoms with E-state index >= 15 is 0 Å². The zero-order chi connectivity index (χ0) is 14.8. The van der Waals surface area contributed by atoms with E-state index in [1.54, 1.807) is 0 Å². The van der Waals surface area contributed by atoms with Crippen LogP contribution in [0.3, 0.4) is 0 Å². The summed E-state index contributed by atoms with van der Waals surface area (Å²) in [6.45, 7) is 9.40. The number of rotatable bonds is 4. The van der Waals surface area contributed by atoms with Crippen molar-refractivity contribution in [2.45, 2.75) is 26.5 Å². The Labute approximate surface area is 125 Å². The number of quaternary nitrogens is 1. The molecule has 3 rings (SSSR count). The number of aryl methyl sites for hydroxylation is 1. The van der Waals surface area contributed by atoms with Crippen LogP contribution in [0.15, 0.2) is 24.3 Å². The summed E-state index contributed by atoms with van der Waals surface area (Å²) in [5.41, 5.74) is 3.80. The van der Waals surface area contributed by atoms with E-state index in [-0.39, 0.29) is 6.10 Å². The Morgan fingerprint density at radius 2 is 1.95 bits per heavy atom. The molecular weight excluding hydrogens is 264 g/mol. The molecule has 21 heavy (non-hydrogen) atoms. The average Bonchev–Trinajstić information content (AvgIpc) is 2.74. The molecule has 1 aromatic heterocycles. The number of hydrogen-bond acceptors (Lipinski definition) is 2. The first-order valence-corrected chi connectivity index (χ1v) is 7.80. The molecule has 4 nitrogen and oxygen atoms in total. The fraction of sp³-hybridized carbons (Fsp3) is 0.529. The van der Waals surface area contributed by atoms with Crippen molar-refractivity contribution in [2.24, 2.45) is 0 Å². The zero-order valence-electron chi connectivity index (χ0n) is 12.9. The maximum absolute atomic E-state index is 10.5. The minimum Gasteiger partial charge on any atom is -0.385 e. The van der Waals surface area contributed by atoms with Gasteiger partial charge < -0.3 is 19.3 Å². The summed E-state index contributed by atoms with van der Waals surface area (Å²) in [7, 11) is 0. The quantitative estimate of drug-likeness (QED) is 0.862. The van der Waals surface area contributed by atoms with Gasteiger partial charge in [-0.25, -0.2) is 0 Å². The first kappa shape index (κ1) is 14.6. The first-order chi connectivity index (χ1) is 10.2. The van der Waals surface area contributed by atoms with Gasteiger partial charge >= 0.3 is 0 Å². The van der Waals surface area contributed by atoms with E-state index in [2.05, 4.69) is 42.7 Å². The molecule has 0 bridgehead atoms. The predicted molar refractivity (Wildman–Crippen MR) is 83.8 cm³/mol. The van der Waals surface area contributed by atoms with Crippen molar-refractivity contribution in [3.05, 3.63) is 35.5 Å². The van der Waals surface area contributed by atoms with E-state index in [1.165, 1.54) is 27.1 Å². The van der Waals surface area contributed by atoms with E-state index in [0.29, 0.717) is 6.54 Å². The molecule has 0 aliphatic carbocycles. The molecule has 1 aromatic carbocycles. The maximum Gasteiger partial charge on any atom is 0.121 e. The van der Waals surface area contributed by atoms with Gasteiger partial charge in [-0.3, -0.25) is 0 Å². The van der Waals surface area contributed by atoms with Crippen molar-refractivity contribution in [1.82, 2.24) is 4.57 Å². The zero-order valence-corrected chi connectivity index (χ0v) is 12.9. The summed E-state index contributed by atoms with van der Waals surface area (Å²) < 4.78 is 7.63. The third-order valence-electron chi connectivity index (χ3n) is 4.66. The SMILES string of the molecule is Cc1c(C)n(C[C@@H](O)C[NH+]2CCOCC2)c2ccccc12. The highest BCUT2D eigenvalue weighted by Crippen LogP contribution is 2.24. The third kappa shape index (κ3) is 2.98. The molecule has 114 valence electrons. The number of hydrogen-bond donors (Lipinski definition) is 2. The van der Waals surface area contributed by atoms with E-state index < -0.39 is 0 Å². The average molecular weight is 289 g/mol. The van der Waals surface area contributed by atoms with Gasteiger partial charge in [0.2, 0.25) is 0 Å². The molecule has 2 N–H and O–H groups in total. The van der Waals surface area contributed by atoms with Crippen LogP contribution in [0.1, 0.15) is 11.3 Å². The number of aliphatic hydroxyl groups is 1. The number of para-hydroxylation sites is 1. The minimum atomic E-state index is -0.313. The normalized spacial score (nSPS) is 18.2. The Morgan fingerprint density at radius 1 is 1.24 bits per heavy atom. The molecule has 1 aliphatic rings. The molecule has 1 aliphatic heterocycles. The van der Waals surface area contributed by atoms with Crippen LogP contribution in [0.25, 0.3) is 10.9 Å². The Hall–Kier alpha value is -1.36. The second kappa shape index (κ2) is 6.18. The molecule has 2 heterocycles. The van der Waals surface area contributed by atoms with Crippen molar-refractivity contribution in [3.63, 3.8) is 0 Å². The standard InChI is InChI=1S/C17H24N2O2/c1-13-14(2)19(17-6-4-3-5-16(13)17)12-15(20)11-18-7-9-21-10-8-18/h3-6,15,20H,7-12H2,1-2H3/p+1/t15-/m0/s1. The van der Waals surface area contributed by atoms with Gasteiger partial charge in [0, 0.05) is 16.6 Å². The Kier molecular flexibility index (Phi) is 4.29. The fourth-order valence-corrected chi connectivity index (χ4v) is 3.31. The molecule has 1 fully saturated rings. The van der Waals surface area contributed by atoms with Crippen molar-refractivity contribution < 1.29 is 14.7 Å². The van der Waals surface area contributed by atoms with Gasteiger partial charge in [-0.1, -0.05) is 18.2 Å². The largest absolute Gasteiger partial charge is 0.385 e. The summed E-state index contributed by atoms with van der Waals surface area (Å²) in [4.78, 5) is 1.44. The molecule has 0 spiro atoms. The second-order valence-corrected chi connectivity index (χ2v) is 6.06. The van der Waals surface area contributed by atoms with E-state index in [4.69, 9.17) is 4.74 Å². The van der Waals surface area contributed by atoms with Crippen LogP contribution in [0.4, 0.5) is 0 Å². The lowest BCUT2D eigenvalue weighted by Crippen LogP contribution is -3.15. The molecule has 0 unspecified atom stereocenters. The second-order valence-electron chi connectivity index (χ2n) is 6.06. The van der Waals surface area contributed by atoms with Crippen LogP contribution in [0.5, 0.6) is 0 Å². The van der Waals surface area contributed by atoms with Crippen LogP contribution in [-0.4, -0.2) is 48.6 Å². The van der Waals surface area contributed by atoms with Crippen LogP contribution >= 0.6 is 0 Å². The van der Waals surface area contributed by atoms with E-state index in [1.807, 2.05) is 0 Å². The van der Waals surface area contributed by atoms with Crippen molar-refractivity contribution >= 4 is 10.9 Å². The summed E-state index contributed by atoms with van der Waals surface area (Å²) >= 11 is 0. The highest BCUT2D eigenvalue weighted by Gasteiger charge is 2.20. The van der Waals surface area contributed by atoms with Crippen molar-refractivity contribution in [1.29, 1.82) is 0 Å². The Morgan fingerprint density at radius 3 is 2.71 bits per heavy atom. The molecule has 1 saturated heterocycles. The first-order valence-electron chi connectivity index (χ1n) is 7.80. The Balaban J connectivity index is 1.76. The lowest BCUT2D eigenvalue weighted by atomic mass is 10.2. The van der Waals surface area contributed by atoms with Gasteiger partial charge in [0.05, 0.1) is 19.8 Å². The monoisotopic (exact) mass is 289 g/mol. The highest BCUT2D eigenvalue weighted by molar-refractivity contribution is 5.85. The van der Waals surface area contributed by atoms with Gasteiger partial charge in [-0.05, 0) is 25.5 Å². The number of aromatic nitrogens is 1.